The van der Waals surface area contributed by atoms with Crippen molar-refractivity contribution in [1.29, 1.82) is 0 Å². The molecule has 0 saturated carbocycles. The first-order chi connectivity index (χ1) is 10.6. The van der Waals surface area contributed by atoms with Crippen molar-refractivity contribution < 1.29 is 14.5 Å². The number of primary amides is 1. The van der Waals surface area contributed by atoms with E-state index in [9.17, 15) is 14.9 Å². The Morgan fingerprint density at radius 2 is 2.04 bits per heavy atom. The van der Waals surface area contributed by atoms with Gasteiger partial charge in [-0.05, 0) is 26.0 Å². The first-order valence-electron chi connectivity index (χ1n) is 6.87. The van der Waals surface area contributed by atoms with Crippen LogP contribution in [0.5, 0.6) is 5.75 Å². The minimum Gasteiger partial charge on any atom is -0.483 e. The summed E-state index contributed by atoms with van der Waals surface area (Å²) in [7, 11) is 3.42. The average molecular weight is 318 g/mol. The van der Waals surface area contributed by atoms with Crippen molar-refractivity contribution in [3.05, 3.63) is 40.0 Å². The first-order valence-corrected chi connectivity index (χ1v) is 6.87. The fraction of sp³-hybridized carbons (Fsp3) is 0.333. The van der Waals surface area contributed by atoms with E-state index in [1.165, 1.54) is 12.1 Å². The molecule has 8 nitrogen and oxygen atoms in total. The summed E-state index contributed by atoms with van der Waals surface area (Å²) < 4.78 is 5.83. The molecule has 1 aromatic carbocycles. The molecule has 8 heteroatoms. The third kappa shape index (κ3) is 3.47. The maximum atomic E-state index is 11.2. The number of likely N-dealkylation sites (N-methyl/N-ethyl adjacent to an activating group) is 1. The third-order valence-corrected chi connectivity index (χ3v) is 3.21. The number of urea groups is 1. The number of aliphatic imine (C=N–C) groups is 1. The zero-order valence-electron chi connectivity index (χ0n) is 13.4. The van der Waals surface area contributed by atoms with Crippen LogP contribution in [0.15, 0.2) is 29.3 Å². The topological polar surface area (TPSA) is 111 Å². The number of carbonyl (C=O) groups excluding carboxylic acids is 1. The van der Waals surface area contributed by atoms with E-state index in [0.29, 0.717) is 22.7 Å². The van der Waals surface area contributed by atoms with Crippen molar-refractivity contribution in [2.75, 3.05) is 14.1 Å². The lowest BCUT2D eigenvalue weighted by Gasteiger charge is -2.32. The van der Waals surface area contributed by atoms with E-state index >= 15 is 0 Å². The number of hydrogen-bond donors (Lipinski definition) is 1. The van der Waals surface area contributed by atoms with Crippen LogP contribution in [0.1, 0.15) is 19.4 Å². The SMILES string of the molecule is CN(C)/C(=N\C(N)=O)C1=CC(C)(C)Oc2ccc([N+](=O)[O-])cc21. The summed E-state index contributed by atoms with van der Waals surface area (Å²) in [4.78, 5) is 27.2. The Labute approximate surface area is 133 Å². The molecule has 0 aliphatic carbocycles. The van der Waals surface area contributed by atoms with E-state index < -0.39 is 16.6 Å². The normalized spacial score (nSPS) is 16.0. The molecule has 0 radical (unpaired) electrons. The predicted octanol–water partition coefficient (Wildman–Crippen LogP) is 2.19. The lowest BCUT2D eigenvalue weighted by atomic mass is 9.93. The first kappa shape index (κ1) is 16.5. The molecule has 0 unspecified atom stereocenters. The summed E-state index contributed by atoms with van der Waals surface area (Å²) in [5, 5.41) is 11.0. The smallest absolute Gasteiger partial charge is 0.340 e. The summed E-state index contributed by atoms with van der Waals surface area (Å²) >= 11 is 0. The van der Waals surface area contributed by atoms with Gasteiger partial charge in [0.05, 0.1) is 4.92 Å². The van der Waals surface area contributed by atoms with Crippen LogP contribution in [0.2, 0.25) is 0 Å². The lowest BCUT2D eigenvalue weighted by Crippen LogP contribution is -2.34. The molecule has 0 atom stereocenters. The minimum atomic E-state index is -0.842. The number of amides is 2. The summed E-state index contributed by atoms with van der Waals surface area (Å²) in [6, 6.07) is 3.47. The van der Waals surface area contributed by atoms with Gasteiger partial charge in [-0.2, -0.15) is 4.99 Å². The van der Waals surface area contributed by atoms with Crippen LogP contribution < -0.4 is 10.5 Å². The number of carbonyl (C=O) groups is 1. The largest absolute Gasteiger partial charge is 0.483 e. The second-order valence-electron chi connectivity index (χ2n) is 5.87. The molecule has 122 valence electrons. The summed E-state index contributed by atoms with van der Waals surface area (Å²) in [6.45, 7) is 3.68. The van der Waals surface area contributed by atoms with Gasteiger partial charge in [0.15, 0.2) is 0 Å². The number of benzene rings is 1. The van der Waals surface area contributed by atoms with Gasteiger partial charge in [-0.15, -0.1) is 0 Å². The average Bonchev–Trinajstić information content (AvgIpc) is 2.41. The molecule has 2 amide bonds. The van der Waals surface area contributed by atoms with Gasteiger partial charge in [0.25, 0.3) is 5.69 Å². The van der Waals surface area contributed by atoms with Crippen LogP contribution in [0, 0.1) is 10.1 Å². The molecule has 0 bridgehead atoms. The second kappa shape index (κ2) is 5.71. The van der Waals surface area contributed by atoms with Crippen molar-refractivity contribution in [2.24, 2.45) is 10.7 Å². The van der Waals surface area contributed by atoms with Gasteiger partial charge in [-0.3, -0.25) is 10.1 Å². The van der Waals surface area contributed by atoms with Crippen LogP contribution >= 0.6 is 0 Å². The highest BCUT2D eigenvalue weighted by Gasteiger charge is 2.31. The molecule has 0 aromatic heterocycles. The van der Waals surface area contributed by atoms with Crippen molar-refractivity contribution >= 4 is 23.1 Å². The molecule has 0 spiro atoms. The van der Waals surface area contributed by atoms with Crippen molar-refractivity contribution in [3.63, 3.8) is 0 Å². The van der Waals surface area contributed by atoms with E-state index in [0.717, 1.165) is 0 Å². The van der Waals surface area contributed by atoms with E-state index in [2.05, 4.69) is 4.99 Å². The Kier molecular flexibility index (Phi) is 4.09. The highest BCUT2D eigenvalue weighted by Crippen LogP contribution is 2.39. The minimum absolute atomic E-state index is 0.0739. The molecule has 1 aliphatic rings. The Bertz CT molecular complexity index is 735. The Balaban J connectivity index is 2.70. The number of nitrogens with two attached hydrogens (primary N) is 1. The fourth-order valence-electron chi connectivity index (χ4n) is 2.36. The number of fused-ring (bicyclic) bond motifs is 1. The lowest BCUT2D eigenvalue weighted by molar-refractivity contribution is -0.384. The van der Waals surface area contributed by atoms with Gasteiger partial charge in [0.2, 0.25) is 0 Å². The van der Waals surface area contributed by atoms with Gasteiger partial charge in [0.1, 0.15) is 17.2 Å². The molecule has 2 N–H and O–H groups in total. The van der Waals surface area contributed by atoms with Crippen LogP contribution in [0.25, 0.3) is 5.57 Å². The van der Waals surface area contributed by atoms with Crippen LogP contribution in [0.3, 0.4) is 0 Å². The molecular formula is C15H18N4O4. The van der Waals surface area contributed by atoms with E-state index in [1.54, 1.807) is 31.1 Å². The highest BCUT2D eigenvalue weighted by atomic mass is 16.6. The number of nitro benzene ring substituents is 1. The third-order valence-electron chi connectivity index (χ3n) is 3.21. The monoisotopic (exact) mass is 318 g/mol. The van der Waals surface area contributed by atoms with Gasteiger partial charge in [-0.25, -0.2) is 4.79 Å². The maximum Gasteiger partial charge on any atom is 0.340 e. The Hall–Kier alpha value is -2.90. The number of nitrogens with zero attached hydrogens (tertiary/aromatic N) is 3. The van der Waals surface area contributed by atoms with Gasteiger partial charge in [0, 0.05) is 37.4 Å². The predicted molar refractivity (Wildman–Crippen MR) is 86.5 cm³/mol. The van der Waals surface area contributed by atoms with E-state index in [-0.39, 0.29) is 5.69 Å². The molecule has 0 fully saturated rings. The summed E-state index contributed by atoms with van der Waals surface area (Å²) in [6.07, 6.45) is 1.76. The van der Waals surface area contributed by atoms with Crippen LogP contribution in [-0.4, -0.2) is 41.4 Å². The zero-order chi connectivity index (χ0) is 17.4. The molecular weight excluding hydrogens is 300 g/mol. The number of amidine groups is 1. The van der Waals surface area contributed by atoms with Gasteiger partial charge < -0.3 is 15.4 Å². The highest BCUT2D eigenvalue weighted by molar-refractivity contribution is 6.25. The Morgan fingerprint density at radius 3 is 2.57 bits per heavy atom. The van der Waals surface area contributed by atoms with Crippen molar-refractivity contribution in [1.82, 2.24) is 4.90 Å². The summed E-state index contributed by atoms with van der Waals surface area (Å²) in [5.41, 5.74) is 5.50. The fourth-order valence-corrected chi connectivity index (χ4v) is 2.36. The molecule has 23 heavy (non-hydrogen) atoms. The van der Waals surface area contributed by atoms with Gasteiger partial charge >= 0.3 is 6.03 Å². The number of non-ortho nitro benzene ring substituents is 1. The molecule has 0 saturated heterocycles. The van der Waals surface area contributed by atoms with Crippen LogP contribution in [-0.2, 0) is 0 Å². The van der Waals surface area contributed by atoms with Crippen molar-refractivity contribution in [3.8, 4) is 5.75 Å². The van der Waals surface area contributed by atoms with E-state index in [1.807, 2.05) is 13.8 Å². The van der Waals surface area contributed by atoms with Gasteiger partial charge in [-0.1, -0.05) is 0 Å². The van der Waals surface area contributed by atoms with E-state index in [4.69, 9.17) is 10.5 Å². The Morgan fingerprint density at radius 1 is 1.39 bits per heavy atom. The van der Waals surface area contributed by atoms with Crippen molar-refractivity contribution in [2.45, 2.75) is 19.4 Å². The number of rotatable bonds is 2. The number of ether oxygens (including phenoxy) is 1. The van der Waals surface area contributed by atoms with Crippen LogP contribution in [0.4, 0.5) is 10.5 Å². The molecule has 1 aromatic rings. The molecule has 1 aliphatic heterocycles. The quantitative estimate of drug-likeness (QED) is 0.389. The molecule has 1 heterocycles. The second-order valence-corrected chi connectivity index (χ2v) is 5.87. The number of hydrogen-bond acceptors (Lipinski definition) is 4. The zero-order valence-corrected chi connectivity index (χ0v) is 13.4. The standard InChI is InChI=1S/C15H18N4O4/c1-15(2)8-11(13(18(3)4)17-14(16)20)10-7-9(19(21)22)5-6-12(10)23-15/h5-8H,1-4H3,(H2,16,20)/b17-13-. The maximum absolute atomic E-state index is 11.2. The molecule has 2 rings (SSSR count). The number of nitro groups is 1. The summed E-state index contributed by atoms with van der Waals surface area (Å²) in [5.74, 6) is 0.799.